The standard InChI is InChI=1S/C15H23N5O2S/c1-14(2,3)9-8-22-10(17-9)7-16-12(21)18-13-20-19-11(23-13)15(4,5)6/h8H,7H2,1-6H3,(H2,16,18,20,21). The van der Waals surface area contributed by atoms with Crippen molar-refractivity contribution < 1.29 is 9.21 Å². The lowest BCUT2D eigenvalue weighted by molar-refractivity contribution is 0.250. The lowest BCUT2D eigenvalue weighted by atomic mass is 9.93. The van der Waals surface area contributed by atoms with E-state index in [0.717, 1.165) is 10.7 Å². The van der Waals surface area contributed by atoms with E-state index < -0.39 is 0 Å². The van der Waals surface area contributed by atoms with E-state index in [1.165, 1.54) is 11.3 Å². The van der Waals surface area contributed by atoms with Crippen LogP contribution in [0, 0.1) is 0 Å². The molecule has 0 atom stereocenters. The van der Waals surface area contributed by atoms with Gasteiger partial charge in [-0.2, -0.15) is 0 Å². The zero-order valence-electron chi connectivity index (χ0n) is 14.4. The van der Waals surface area contributed by atoms with Crippen LogP contribution >= 0.6 is 11.3 Å². The largest absolute Gasteiger partial charge is 0.447 e. The third-order valence-electron chi connectivity index (χ3n) is 3.01. The molecule has 2 rings (SSSR count). The average Bonchev–Trinajstić information content (AvgIpc) is 3.03. The number of oxazole rings is 1. The first-order chi connectivity index (χ1) is 10.6. The van der Waals surface area contributed by atoms with Gasteiger partial charge >= 0.3 is 6.03 Å². The minimum absolute atomic E-state index is 0.0834. The Labute approximate surface area is 139 Å². The zero-order valence-corrected chi connectivity index (χ0v) is 15.2. The molecule has 23 heavy (non-hydrogen) atoms. The van der Waals surface area contributed by atoms with Crippen LogP contribution in [0.3, 0.4) is 0 Å². The number of carbonyl (C=O) groups is 1. The number of urea groups is 1. The summed E-state index contributed by atoms with van der Waals surface area (Å²) in [5.74, 6) is 0.470. The van der Waals surface area contributed by atoms with Crippen molar-refractivity contribution in [3.8, 4) is 0 Å². The lowest BCUT2D eigenvalue weighted by Gasteiger charge is -2.13. The highest BCUT2D eigenvalue weighted by molar-refractivity contribution is 7.15. The van der Waals surface area contributed by atoms with Crippen molar-refractivity contribution in [2.24, 2.45) is 0 Å². The molecular weight excluding hydrogens is 314 g/mol. The third kappa shape index (κ3) is 4.75. The summed E-state index contributed by atoms with van der Waals surface area (Å²) >= 11 is 1.36. The van der Waals surface area contributed by atoms with Gasteiger partial charge in [0.05, 0.1) is 12.2 Å². The first kappa shape index (κ1) is 17.4. The van der Waals surface area contributed by atoms with Crippen LogP contribution in [0.15, 0.2) is 10.7 Å². The van der Waals surface area contributed by atoms with Crippen LogP contribution in [0.2, 0.25) is 0 Å². The van der Waals surface area contributed by atoms with Gasteiger partial charge in [-0.15, -0.1) is 10.2 Å². The van der Waals surface area contributed by atoms with Gasteiger partial charge < -0.3 is 9.73 Å². The molecule has 0 fully saturated rings. The molecule has 2 amide bonds. The molecule has 0 aliphatic rings. The first-order valence-corrected chi connectivity index (χ1v) is 8.21. The van der Waals surface area contributed by atoms with Crippen LogP contribution in [0.4, 0.5) is 9.93 Å². The maximum absolute atomic E-state index is 11.9. The van der Waals surface area contributed by atoms with Crippen LogP contribution in [0.1, 0.15) is 58.1 Å². The van der Waals surface area contributed by atoms with E-state index >= 15 is 0 Å². The second kappa shape index (κ2) is 6.27. The summed E-state index contributed by atoms with van der Waals surface area (Å²) in [5.41, 5.74) is 0.684. The predicted molar refractivity (Wildman–Crippen MR) is 89.7 cm³/mol. The Morgan fingerprint density at radius 1 is 1.17 bits per heavy atom. The van der Waals surface area contributed by atoms with E-state index in [4.69, 9.17) is 4.42 Å². The molecule has 0 unspecified atom stereocenters. The zero-order chi connectivity index (χ0) is 17.3. The second-order valence-corrected chi connectivity index (χ2v) is 8.32. The van der Waals surface area contributed by atoms with Gasteiger partial charge in [0, 0.05) is 10.8 Å². The molecule has 0 aliphatic heterocycles. The maximum Gasteiger partial charge on any atom is 0.321 e. The number of amides is 2. The number of carbonyl (C=O) groups excluding carboxylic acids is 1. The Morgan fingerprint density at radius 3 is 2.39 bits per heavy atom. The summed E-state index contributed by atoms with van der Waals surface area (Å²) in [7, 11) is 0. The molecule has 0 radical (unpaired) electrons. The number of aromatic nitrogens is 3. The first-order valence-electron chi connectivity index (χ1n) is 7.39. The second-order valence-electron chi connectivity index (χ2n) is 7.35. The summed E-state index contributed by atoms with van der Waals surface area (Å²) in [6.45, 7) is 12.5. The van der Waals surface area contributed by atoms with Gasteiger partial charge in [0.1, 0.15) is 11.3 Å². The normalized spacial score (nSPS) is 12.3. The topological polar surface area (TPSA) is 92.9 Å². The highest BCUT2D eigenvalue weighted by Crippen LogP contribution is 2.27. The van der Waals surface area contributed by atoms with Crippen LogP contribution in [0.25, 0.3) is 0 Å². The fourth-order valence-electron chi connectivity index (χ4n) is 1.61. The van der Waals surface area contributed by atoms with Crippen molar-refractivity contribution in [3.63, 3.8) is 0 Å². The summed E-state index contributed by atoms with van der Waals surface area (Å²) < 4.78 is 5.36. The molecule has 8 heteroatoms. The molecule has 0 saturated heterocycles. The Morgan fingerprint density at radius 2 is 1.87 bits per heavy atom. The Hall–Kier alpha value is -1.96. The van der Waals surface area contributed by atoms with Crippen LogP contribution < -0.4 is 10.6 Å². The molecule has 2 N–H and O–H groups in total. The number of hydrogen-bond acceptors (Lipinski definition) is 6. The molecule has 0 bridgehead atoms. The van der Waals surface area contributed by atoms with Crippen LogP contribution in [-0.4, -0.2) is 21.2 Å². The summed E-state index contributed by atoms with van der Waals surface area (Å²) in [4.78, 5) is 16.3. The average molecular weight is 337 g/mol. The van der Waals surface area contributed by atoms with E-state index in [9.17, 15) is 4.79 Å². The van der Waals surface area contributed by atoms with Crippen molar-refractivity contribution in [2.75, 3.05) is 5.32 Å². The van der Waals surface area contributed by atoms with Crippen LogP contribution in [0.5, 0.6) is 0 Å². The van der Waals surface area contributed by atoms with Crippen molar-refractivity contribution in [3.05, 3.63) is 22.9 Å². The number of rotatable bonds is 3. The SMILES string of the molecule is CC(C)(C)c1coc(CNC(=O)Nc2nnc(C(C)(C)C)s2)n1. The monoisotopic (exact) mass is 337 g/mol. The van der Waals surface area contributed by atoms with Crippen molar-refractivity contribution >= 4 is 22.5 Å². The minimum Gasteiger partial charge on any atom is -0.447 e. The molecule has 0 aromatic carbocycles. The quantitative estimate of drug-likeness (QED) is 0.895. The van der Waals surface area contributed by atoms with Crippen molar-refractivity contribution in [2.45, 2.75) is 58.9 Å². The van der Waals surface area contributed by atoms with E-state index in [-0.39, 0.29) is 23.4 Å². The lowest BCUT2D eigenvalue weighted by Crippen LogP contribution is -2.28. The summed E-state index contributed by atoms with van der Waals surface area (Å²) in [6.07, 6.45) is 1.62. The highest BCUT2D eigenvalue weighted by Gasteiger charge is 2.21. The molecule has 126 valence electrons. The minimum atomic E-state index is -0.364. The van der Waals surface area contributed by atoms with E-state index in [1.54, 1.807) is 6.26 Å². The van der Waals surface area contributed by atoms with Gasteiger partial charge in [-0.3, -0.25) is 5.32 Å². The number of nitrogens with zero attached hydrogens (tertiary/aromatic N) is 3. The number of anilines is 1. The van der Waals surface area contributed by atoms with E-state index in [0.29, 0.717) is 11.0 Å². The maximum atomic E-state index is 11.9. The Kier molecular flexibility index (Phi) is 4.74. The number of hydrogen-bond donors (Lipinski definition) is 2. The predicted octanol–water partition coefficient (Wildman–Crippen LogP) is 3.44. The van der Waals surface area contributed by atoms with E-state index in [2.05, 4.69) is 46.6 Å². The fraction of sp³-hybridized carbons (Fsp3) is 0.600. The van der Waals surface area contributed by atoms with Gasteiger partial charge in [0.25, 0.3) is 0 Å². The van der Waals surface area contributed by atoms with Crippen molar-refractivity contribution in [1.29, 1.82) is 0 Å². The smallest absolute Gasteiger partial charge is 0.321 e. The molecule has 0 spiro atoms. The van der Waals surface area contributed by atoms with Crippen molar-refractivity contribution in [1.82, 2.24) is 20.5 Å². The molecule has 2 aromatic heterocycles. The molecule has 7 nitrogen and oxygen atoms in total. The van der Waals surface area contributed by atoms with E-state index in [1.807, 2.05) is 20.8 Å². The van der Waals surface area contributed by atoms with Gasteiger partial charge in [0.2, 0.25) is 11.0 Å². The molecular formula is C15H23N5O2S. The molecule has 2 aromatic rings. The van der Waals surface area contributed by atoms with Gasteiger partial charge in [0.15, 0.2) is 0 Å². The summed E-state index contributed by atoms with van der Waals surface area (Å²) in [5, 5.41) is 14.8. The molecule has 0 aliphatic carbocycles. The Bertz CT molecular complexity index is 679. The van der Waals surface area contributed by atoms with Gasteiger partial charge in [-0.1, -0.05) is 52.9 Å². The van der Waals surface area contributed by atoms with Gasteiger partial charge in [-0.05, 0) is 0 Å². The van der Waals surface area contributed by atoms with Crippen LogP contribution in [-0.2, 0) is 17.4 Å². The summed E-state index contributed by atoms with van der Waals surface area (Å²) in [6, 6.07) is -0.364. The van der Waals surface area contributed by atoms with Gasteiger partial charge in [-0.25, -0.2) is 9.78 Å². The molecule has 0 saturated carbocycles. The third-order valence-corrected chi connectivity index (χ3v) is 4.27. The Balaban J connectivity index is 1.88. The number of nitrogens with one attached hydrogen (secondary N) is 2. The molecule has 2 heterocycles. The fourth-order valence-corrected chi connectivity index (χ4v) is 2.41. The highest BCUT2D eigenvalue weighted by atomic mass is 32.1.